The van der Waals surface area contributed by atoms with Crippen molar-refractivity contribution in [2.75, 3.05) is 5.32 Å². The van der Waals surface area contributed by atoms with E-state index in [0.29, 0.717) is 0 Å². The van der Waals surface area contributed by atoms with Gasteiger partial charge in [0, 0.05) is 0 Å². The predicted octanol–water partition coefficient (Wildman–Crippen LogP) is 2.01. The molecule has 0 spiro atoms. The second-order valence-corrected chi connectivity index (χ2v) is 4.20. The molecular weight excluding hydrogens is 233 g/mol. The van der Waals surface area contributed by atoms with Gasteiger partial charge < -0.3 is 11.1 Å². The fraction of sp³-hybridized carbons (Fsp3) is 0.385. The van der Waals surface area contributed by atoms with Crippen molar-refractivity contribution in [3.63, 3.8) is 0 Å². The summed E-state index contributed by atoms with van der Waals surface area (Å²) >= 11 is 0. The number of carbonyl (C=O) groups is 1. The average molecular weight is 249 g/mol. The maximum Gasteiger partial charge on any atom is 0.241 e. The Morgan fingerprint density at radius 3 is 2.83 bits per heavy atom. The van der Waals surface area contributed by atoms with Crippen LogP contribution in [0.5, 0.6) is 0 Å². The summed E-state index contributed by atoms with van der Waals surface area (Å²) in [6, 6.07) is 4.80. The number of benzene rings is 1. The van der Waals surface area contributed by atoms with Gasteiger partial charge in [0.15, 0.2) is 0 Å². The smallest absolute Gasteiger partial charge is 0.241 e. The summed E-state index contributed by atoms with van der Waals surface area (Å²) in [6.07, 6.45) is 0.781. The summed E-state index contributed by atoms with van der Waals surface area (Å²) in [7, 11) is 0. The Hall–Kier alpha value is -1.93. The van der Waals surface area contributed by atoms with Crippen LogP contribution in [-0.2, 0) is 4.79 Å². The van der Waals surface area contributed by atoms with Crippen LogP contribution in [0.25, 0.3) is 0 Å². The number of carbonyl (C=O) groups excluding carboxylic acids is 1. The molecule has 0 saturated carbocycles. The zero-order valence-electron chi connectivity index (χ0n) is 10.4. The third kappa shape index (κ3) is 3.28. The van der Waals surface area contributed by atoms with Crippen molar-refractivity contribution in [2.45, 2.75) is 26.3 Å². The molecule has 4 nitrogen and oxygen atoms in total. The quantitative estimate of drug-likeness (QED) is 0.856. The molecule has 1 aromatic rings. The maximum absolute atomic E-state index is 12.9. The van der Waals surface area contributed by atoms with E-state index < -0.39 is 11.9 Å². The SMILES string of the molecule is CCC(C)C(N)C(=O)Nc1ccc(F)cc1C#N. The average Bonchev–Trinajstić information content (AvgIpc) is 2.38. The van der Waals surface area contributed by atoms with Gasteiger partial charge in [0.25, 0.3) is 0 Å². The van der Waals surface area contributed by atoms with Gasteiger partial charge in [-0.05, 0) is 24.1 Å². The molecule has 0 fully saturated rings. The van der Waals surface area contributed by atoms with Gasteiger partial charge in [-0.15, -0.1) is 0 Å². The zero-order chi connectivity index (χ0) is 13.7. The highest BCUT2D eigenvalue weighted by Crippen LogP contribution is 2.17. The Balaban J connectivity index is 2.86. The fourth-order valence-corrected chi connectivity index (χ4v) is 1.45. The van der Waals surface area contributed by atoms with Gasteiger partial charge in [-0.3, -0.25) is 4.79 Å². The van der Waals surface area contributed by atoms with Gasteiger partial charge >= 0.3 is 0 Å². The molecule has 0 aliphatic rings. The summed E-state index contributed by atoms with van der Waals surface area (Å²) < 4.78 is 12.9. The van der Waals surface area contributed by atoms with Crippen molar-refractivity contribution < 1.29 is 9.18 Å². The first-order chi connectivity index (χ1) is 8.49. The second kappa shape index (κ2) is 6.12. The third-order valence-electron chi connectivity index (χ3n) is 2.92. The van der Waals surface area contributed by atoms with Crippen LogP contribution in [-0.4, -0.2) is 11.9 Å². The highest BCUT2D eigenvalue weighted by atomic mass is 19.1. The van der Waals surface area contributed by atoms with Gasteiger partial charge in [0.1, 0.15) is 11.9 Å². The summed E-state index contributed by atoms with van der Waals surface area (Å²) in [5.74, 6) is -0.848. The van der Waals surface area contributed by atoms with E-state index >= 15 is 0 Å². The normalized spacial score (nSPS) is 13.5. The molecule has 18 heavy (non-hydrogen) atoms. The number of nitrogens with zero attached hydrogens (tertiary/aromatic N) is 1. The van der Waals surface area contributed by atoms with Crippen LogP contribution in [0.1, 0.15) is 25.8 Å². The Labute approximate surface area is 106 Å². The molecule has 0 saturated heterocycles. The zero-order valence-corrected chi connectivity index (χ0v) is 10.4. The van der Waals surface area contributed by atoms with E-state index in [9.17, 15) is 9.18 Å². The van der Waals surface area contributed by atoms with E-state index in [1.807, 2.05) is 19.9 Å². The Morgan fingerprint density at radius 2 is 2.28 bits per heavy atom. The molecule has 3 N–H and O–H groups in total. The number of amides is 1. The Morgan fingerprint density at radius 1 is 1.61 bits per heavy atom. The predicted molar refractivity (Wildman–Crippen MR) is 67.2 cm³/mol. The van der Waals surface area contributed by atoms with Crippen molar-refractivity contribution in [3.05, 3.63) is 29.6 Å². The first-order valence-electron chi connectivity index (χ1n) is 5.75. The van der Waals surface area contributed by atoms with Gasteiger partial charge in [0.05, 0.1) is 17.3 Å². The lowest BCUT2D eigenvalue weighted by atomic mass is 9.99. The first kappa shape index (κ1) is 14.1. The largest absolute Gasteiger partial charge is 0.324 e. The van der Waals surface area contributed by atoms with Crippen molar-refractivity contribution in [1.82, 2.24) is 0 Å². The molecule has 0 bridgehead atoms. The van der Waals surface area contributed by atoms with E-state index in [4.69, 9.17) is 11.0 Å². The molecule has 1 aromatic carbocycles. The molecule has 1 amide bonds. The molecule has 0 radical (unpaired) electrons. The first-order valence-corrected chi connectivity index (χ1v) is 5.75. The van der Waals surface area contributed by atoms with Crippen molar-refractivity contribution >= 4 is 11.6 Å². The lowest BCUT2D eigenvalue weighted by molar-refractivity contribution is -0.118. The van der Waals surface area contributed by atoms with Crippen LogP contribution < -0.4 is 11.1 Å². The minimum Gasteiger partial charge on any atom is -0.324 e. The van der Waals surface area contributed by atoms with Gasteiger partial charge in [0.2, 0.25) is 5.91 Å². The fourth-order valence-electron chi connectivity index (χ4n) is 1.45. The van der Waals surface area contributed by atoms with E-state index in [1.54, 1.807) is 0 Å². The highest BCUT2D eigenvalue weighted by Gasteiger charge is 2.20. The summed E-state index contributed by atoms with van der Waals surface area (Å²) in [4.78, 5) is 11.8. The highest BCUT2D eigenvalue weighted by molar-refractivity contribution is 5.95. The van der Waals surface area contributed by atoms with E-state index in [2.05, 4.69) is 5.32 Å². The molecule has 96 valence electrons. The minimum atomic E-state index is -0.647. The van der Waals surface area contributed by atoms with Gasteiger partial charge in [-0.25, -0.2) is 4.39 Å². The lowest BCUT2D eigenvalue weighted by Crippen LogP contribution is -2.40. The minimum absolute atomic E-state index is 0.0379. The number of rotatable bonds is 4. The van der Waals surface area contributed by atoms with Crippen LogP contribution >= 0.6 is 0 Å². The molecule has 0 heterocycles. The Bertz CT molecular complexity index is 482. The molecule has 5 heteroatoms. The van der Waals surface area contributed by atoms with Crippen LogP contribution in [0.2, 0.25) is 0 Å². The van der Waals surface area contributed by atoms with E-state index in [-0.39, 0.29) is 23.1 Å². The number of halogens is 1. The lowest BCUT2D eigenvalue weighted by Gasteiger charge is -2.18. The molecule has 1 rings (SSSR count). The molecule has 0 aliphatic heterocycles. The number of nitrogens with one attached hydrogen (secondary N) is 1. The number of nitriles is 1. The number of hydrogen-bond donors (Lipinski definition) is 2. The van der Waals surface area contributed by atoms with Crippen molar-refractivity contribution in [2.24, 2.45) is 11.7 Å². The second-order valence-electron chi connectivity index (χ2n) is 4.20. The molecular formula is C13H16FN3O. The Kier molecular flexibility index (Phi) is 4.81. The maximum atomic E-state index is 12.9. The van der Waals surface area contributed by atoms with E-state index in [0.717, 1.165) is 12.5 Å². The summed E-state index contributed by atoms with van der Waals surface area (Å²) in [5, 5.41) is 11.4. The van der Waals surface area contributed by atoms with Gasteiger partial charge in [-0.2, -0.15) is 5.26 Å². The van der Waals surface area contributed by atoms with Crippen LogP contribution in [0.15, 0.2) is 18.2 Å². The summed E-state index contributed by atoms with van der Waals surface area (Å²) in [6.45, 7) is 3.82. The topological polar surface area (TPSA) is 78.9 Å². The van der Waals surface area contributed by atoms with Crippen LogP contribution in [0.4, 0.5) is 10.1 Å². The molecule has 0 aliphatic carbocycles. The molecule has 2 unspecified atom stereocenters. The van der Waals surface area contributed by atoms with Crippen molar-refractivity contribution in [1.29, 1.82) is 5.26 Å². The molecule has 0 aromatic heterocycles. The van der Waals surface area contributed by atoms with Gasteiger partial charge in [-0.1, -0.05) is 20.3 Å². The standard InChI is InChI=1S/C13H16FN3O/c1-3-8(2)12(16)13(18)17-11-5-4-10(14)6-9(11)7-15/h4-6,8,12H,3,16H2,1-2H3,(H,17,18). The van der Waals surface area contributed by atoms with Crippen LogP contribution in [0.3, 0.4) is 0 Å². The molecule has 2 atom stereocenters. The number of anilines is 1. The van der Waals surface area contributed by atoms with E-state index in [1.165, 1.54) is 12.1 Å². The third-order valence-corrected chi connectivity index (χ3v) is 2.92. The van der Waals surface area contributed by atoms with Crippen LogP contribution in [0, 0.1) is 23.1 Å². The van der Waals surface area contributed by atoms with Crippen molar-refractivity contribution in [3.8, 4) is 6.07 Å². The monoisotopic (exact) mass is 249 g/mol. The summed E-state index contributed by atoms with van der Waals surface area (Å²) in [5.41, 5.74) is 6.13. The number of hydrogen-bond acceptors (Lipinski definition) is 3. The number of nitrogens with two attached hydrogens (primary N) is 1.